The molecule has 0 saturated carbocycles. The monoisotopic (exact) mass is 206 g/mol. The Hall–Kier alpha value is -1.16. The molecule has 1 saturated heterocycles. The predicted molar refractivity (Wildman–Crippen MR) is 61.0 cm³/mol. The fraction of sp³-hybridized carbons (Fsp3) is 0.636. The molecule has 82 valence electrons. The van der Waals surface area contributed by atoms with Crippen LogP contribution in [-0.4, -0.2) is 48.1 Å². The third-order valence-electron chi connectivity index (χ3n) is 3.03. The van der Waals surface area contributed by atoms with Gasteiger partial charge in [0.15, 0.2) is 0 Å². The minimum absolute atomic E-state index is 0.713. The van der Waals surface area contributed by atoms with Gasteiger partial charge < -0.3 is 9.80 Å². The molecule has 0 atom stereocenters. The topological polar surface area (TPSA) is 32.3 Å². The van der Waals surface area contributed by atoms with Crippen LogP contribution in [0.3, 0.4) is 0 Å². The normalized spacial score (nSPS) is 18.5. The summed E-state index contributed by atoms with van der Waals surface area (Å²) < 4.78 is 0. The van der Waals surface area contributed by atoms with Gasteiger partial charge in [0, 0.05) is 31.5 Å². The molecule has 2 rings (SSSR count). The van der Waals surface area contributed by atoms with Crippen molar-refractivity contribution >= 4 is 5.95 Å². The Bertz CT molecular complexity index is 291. The zero-order valence-electron chi connectivity index (χ0n) is 9.43. The second-order valence-electron chi connectivity index (χ2n) is 4.23. The van der Waals surface area contributed by atoms with E-state index in [1.165, 1.54) is 12.8 Å². The number of hydrogen-bond donors (Lipinski definition) is 0. The van der Waals surface area contributed by atoms with Crippen LogP contribution in [0.2, 0.25) is 0 Å². The lowest BCUT2D eigenvalue weighted by Crippen LogP contribution is -2.42. The summed E-state index contributed by atoms with van der Waals surface area (Å²) >= 11 is 0. The van der Waals surface area contributed by atoms with Crippen LogP contribution in [0.5, 0.6) is 0 Å². The molecule has 4 nitrogen and oxygen atoms in total. The van der Waals surface area contributed by atoms with Crippen molar-refractivity contribution in [1.29, 1.82) is 0 Å². The lowest BCUT2D eigenvalue weighted by molar-refractivity contribution is 0.249. The van der Waals surface area contributed by atoms with Crippen molar-refractivity contribution in [2.45, 2.75) is 18.9 Å². The van der Waals surface area contributed by atoms with Crippen LogP contribution in [0.15, 0.2) is 18.5 Å². The summed E-state index contributed by atoms with van der Waals surface area (Å²) in [5, 5.41) is 0. The summed E-state index contributed by atoms with van der Waals surface area (Å²) in [7, 11) is 4.30. The van der Waals surface area contributed by atoms with Crippen LogP contribution in [0, 0.1) is 0 Å². The van der Waals surface area contributed by atoms with E-state index >= 15 is 0 Å². The largest absolute Gasteiger partial charge is 0.341 e. The average molecular weight is 206 g/mol. The molecular formula is C11H18N4. The number of hydrogen-bond acceptors (Lipinski definition) is 4. The molecular weight excluding hydrogens is 188 g/mol. The highest BCUT2D eigenvalue weighted by Crippen LogP contribution is 2.17. The van der Waals surface area contributed by atoms with Gasteiger partial charge in [-0.1, -0.05) is 0 Å². The lowest BCUT2D eigenvalue weighted by atomic mass is 10.0. The molecule has 0 radical (unpaired) electrons. The third kappa shape index (κ3) is 2.45. The molecule has 1 aliphatic rings. The van der Waals surface area contributed by atoms with E-state index in [2.05, 4.69) is 33.9 Å². The molecule has 4 heteroatoms. The number of aromatic nitrogens is 2. The van der Waals surface area contributed by atoms with E-state index < -0.39 is 0 Å². The molecule has 1 aromatic rings. The summed E-state index contributed by atoms with van der Waals surface area (Å²) in [6, 6.07) is 2.57. The van der Waals surface area contributed by atoms with Gasteiger partial charge in [-0.05, 0) is 33.0 Å². The molecule has 1 aromatic heterocycles. The van der Waals surface area contributed by atoms with Crippen molar-refractivity contribution in [2.24, 2.45) is 0 Å². The molecule has 0 aromatic carbocycles. The maximum Gasteiger partial charge on any atom is 0.225 e. The lowest BCUT2D eigenvalue weighted by Gasteiger charge is -2.35. The fourth-order valence-electron chi connectivity index (χ4n) is 2.04. The highest BCUT2D eigenvalue weighted by molar-refractivity contribution is 5.29. The molecule has 0 amide bonds. The van der Waals surface area contributed by atoms with Crippen molar-refractivity contribution in [2.75, 3.05) is 32.1 Å². The molecule has 1 aliphatic heterocycles. The fourth-order valence-corrected chi connectivity index (χ4v) is 2.04. The molecule has 2 heterocycles. The first-order valence-electron chi connectivity index (χ1n) is 5.46. The maximum absolute atomic E-state index is 4.27. The minimum atomic E-state index is 0.713. The summed E-state index contributed by atoms with van der Waals surface area (Å²) in [6.07, 6.45) is 6.01. The van der Waals surface area contributed by atoms with Crippen LogP contribution < -0.4 is 4.90 Å². The second kappa shape index (κ2) is 4.57. The zero-order valence-corrected chi connectivity index (χ0v) is 9.43. The van der Waals surface area contributed by atoms with Crippen LogP contribution in [-0.2, 0) is 0 Å². The van der Waals surface area contributed by atoms with Gasteiger partial charge in [0.05, 0.1) is 0 Å². The molecule has 0 N–H and O–H groups in total. The number of nitrogens with zero attached hydrogens (tertiary/aromatic N) is 4. The van der Waals surface area contributed by atoms with Gasteiger partial charge in [0.2, 0.25) is 5.95 Å². The van der Waals surface area contributed by atoms with Crippen LogP contribution in [0.25, 0.3) is 0 Å². The van der Waals surface area contributed by atoms with E-state index in [-0.39, 0.29) is 0 Å². The zero-order chi connectivity index (χ0) is 10.7. The number of rotatable bonds is 2. The SMILES string of the molecule is CN(C)C1CCN(c2ncccn2)CC1. The summed E-state index contributed by atoms with van der Waals surface area (Å²) in [5.74, 6) is 0.870. The van der Waals surface area contributed by atoms with Gasteiger partial charge in [0.25, 0.3) is 0 Å². The Morgan fingerprint density at radius 2 is 1.80 bits per heavy atom. The van der Waals surface area contributed by atoms with Crippen molar-refractivity contribution in [3.8, 4) is 0 Å². The van der Waals surface area contributed by atoms with Crippen molar-refractivity contribution in [3.05, 3.63) is 18.5 Å². The standard InChI is InChI=1S/C11H18N4/c1-14(2)10-4-8-15(9-5-10)11-12-6-3-7-13-11/h3,6-7,10H,4-5,8-9H2,1-2H3. The first-order chi connectivity index (χ1) is 7.27. The number of piperidine rings is 1. The summed E-state index contributed by atoms with van der Waals surface area (Å²) in [5.41, 5.74) is 0. The first-order valence-corrected chi connectivity index (χ1v) is 5.46. The van der Waals surface area contributed by atoms with Crippen molar-refractivity contribution in [3.63, 3.8) is 0 Å². The van der Waals surface area contributed by atoms with E-state index in [0.717, 1.165) is 19.0 Å². The number of anilines is 1. The summed E-state index contributed by atoms with van der Waals surface area (Å²) in [6.45, 7) is 2.12. The van der Waals surface area contributed by atoms with Gasteiger partial charge >= 0.3 is 0 Å². The van der Waals surface area contributed by atoms with Crippen molar-refractivity contribution in [1.82, 2.24) is 14.9 Å². The third-order valence-corrected chi connectivity index (χ3v) is 3.03. The van der Waals surface area contributed by atoms with E-state index in [9.17, 15) is 0 Å². The Balaban J connectivity index is 1.94. The van der Waals surface area contributed by atoms with Crippen LogP contribution >= 0.6 is 0 Å². The smallest absolute Gasteiger partial charge is 0.225 e. The van der Waals surface area contributed by atoms with Gasteiger partial charge in [-0.15, -0.1) is 0 Å². The Morgan fingerprint density at radius 3 is 2.33 bits per heavy atom. The van der Waals surface area contributed by atoms with Gasteiger partial charge in [-0.25, -0.2) is 9.97 Å². The predicted octanol–water partition coefficient (Wildman–Crippen LogP) is 1.01. The van der Waals surface area contributed by atoms with Crippen LogP contribution in [0.4, 0.5) is 5.95 Å². The highest BCUT2D eigenvalue weighted by Gasteiger charge is 2.21. The molecule has 0 unspecified atom stereocenters. The maximum atomic E-state index is 4.27. The van der Waals surface area contributed by atoms with Gasteiger partial charge in [-0.3, -0.25) is 0 Å². The summed E-state index contributed by atoms with van der Waals surface area (Å²) in [4.78, 5) is 13.1. The molecule has 0 bridgehead atoms. The molecule has 15 heavy (non-hydrogen) atoms. The van der Waals surface area contributed by atoms with Gasteiger partial charge in [-0.2, -0.15) is 0 Å². The highest BCUT2D eigenvalue weighted by atomic mass is 15.3. The Kier molecular flexibility index (Phi) is 3.16. The molecule has 0 aliphatic carbocycles. The quantitative estimate of drug-likeness (QED) is 0.723. The molecule has 1 fully saturated rings. The Morgan fingerprint density at radius 1 is 1.20 bits per heavy atom. The second-order valence-corrected chi connectivity index (χ2v) is 4.23. The van der Waals surface area contributed by atoms with E-state index in [4.69, 9.17) is 0 Å². The van der Waals surface area contributed by atoms with Gasteiger partial charge in [0.1, 0.15) is 0 Å². The molecule has 0 spiro atoms. The van der Waals surface area contributed by atoms with E-state index in [0.29, 0.717) is 6.04 Å². The van der Waals surface area contributed by atoms with Crippen molar-refractivity contribution < 1.29 is 0 Å². The first kappa shape index (κ1) is 10.4. The van der Waals surface area contributed by atoms with E-state index in [1.807, 2.05) is 6.07 Å². The average Bonchev–Trinajstić information content (AvgIpc) is 2.30. The van der Waals surface area contributed by atoms with E-state index in [1.54, 1.807) is 12.4 Å². The minimum Gasteiger partial charge on any atom is -0.341 e. The van der Waals surface area contributed by atoms with Crippen LogP contribution in [0.1, 0.15) is 12.8 Å². The Labute approximate surface area is 90.9 Å².